The van der Waals surface area contributed by atoms with Gasteiger partial charge in [-0.25, -0.2) is 9.37 Å². The maximum Gasteiger partial charge on any atom is 0.280 e. The molecule has 2 aromatic heterocycles. The van der Waals surface area contributed by atoms with Crippen molar-refractivity contribution in [1.29, 1.82) is 0 Å². The molecule has 5 N–H and O–H groups in total. The average Bonchev–Trinajstić information content (AvgIpc) is 2.93. The van der Waals surface area contributed by atoms with Crippen LogP contribution in [0.5, 0.6) is 0 Å². The first-order valence-electron chi connectivity index (χ1n) is 5.80. The normalized spacial score (nSPS) is 30.1. The smallest absolute Gasteiger partial charge is 0.280 e. The van der Waals surface area contributed by atoms with Crippen molar-refractivity contribution in [2.75, 3.05) is 18.9 Å². The number of aromatic amines is 1. The van der Waals surface area contributed by atoms with Crippen molar-refractivity contribution < 1.29 is 19.3 Å². The minimum atomic E-state index is -2.20. The highest BCUT2D eigenvalue weighted by molar-refractivity contribution is 5.70. The van der Waals surface area contributed by atoms with Gasteiger partial charge in [-0.3, -0.25) is 14.3 Å². The molecule has 9 nitrogen and oxygen atoms in total. The molecule has 0 unspecified atom stereocenters. The van der Waals surface area contributed by atoms with Crippen molar-refractivity contribution in [2.45, 2.75) is 18.0 Å². The third-order valence-corrected chi connectivity index (χ3v) is 3.36. The van der Waals surface area contributed by atoms with Crippen LogP contribution in [0.1, 0.15) is 0 Å². The Labute approximate surface area is 110 Å². The lowest BCUT2D eigenvalue weighted by molar-refractivity contribution is -0.132. The summed E-state index contributed by atoms with van der Waals surface area (Å²) >= 11 is 0. The highest BCUT2D eigenvalue weighted by atomic mass is 19.1. The zero-order chi connectivity index (χ0) is 14.5. The van der Waals surface area contributed by atoms with Gasteiger partial charge in [-0.1, -0.05) is 0 Å². The highest BCUT2D eigenvalue weighted by Crippen LogP contribution is 2.34. The summed E-state index contributed by atoms with van der Waals surface area (Å²) in [5.74, 6) is -0.192. The lowest BCUT2D eigenvalue weighted by Crippen LogP contribution is -2.49. The van der Waals surface area contributed by atoms with Gasteiger partial charge in [0.05, 0.1) is 19.5 Å². The van der Waals surface area contributed by atoms with Crippen molar-refractivity contribution in [2.24, 2.45) is 0 Å². The van der Waals surface area contributed by atoms with Crippen LogP contribution in [0.25, 0.3) is 11.2 Å². The topological polar surface area (TPSA) is 139 Å². The van der Waals surface area contributed by atoms with Crippen LogP contribution in [0, 0.1) is 0 Å². The molecule has 1 fully saturated rings. The quantitative estimate of drug-likeness (QED) is 0.504. The van der Waals surface area contributed by atoms with E-state index >= 15 is 0 Å². The number of rotatable bonds is 2. The van der Waals surface area contributed by atoms with Gasteiger partial charge in [0.15, 0.2) is 17.3 Å². The number of imidazole rings is 1. The number of aromatic nitrogens is 4. The van der Waals surface area contributed by atoms with Crippen LogP contribution < -0.4 is 11.3 Å². The zero-order valence-electron chi connectivity index (χ0n) is 10.2. The minimum absolute atomic E-state index is 0.0830. The summed E-state index contributed by atoms with van der Waals surface area (Å²) in [6.45, 7) is -0.991. The first-order valence-corrected chi connectivity index (χ1v) is 5.80. The molecule has 20 heavy (non-hydrogen) atoms. The van der Waals surface area contributed by atoms with E-state index in [1.807, 2.05) is 0 Å². The van der Waals surface area contributed by atoms with E-state index in [1.54, 1.807) is 0 Å². The van der Waals surface area contributed by atoms with Gasteiger partial charge in [-0.15, -0.1) is 0 Å². The largest absolute Gasteiger partial charge is 0.393 e. The van der Waals surface area contributed by atoms with E-state index in [-0.39, 0.29) is 23.7 Å². The molecular formula is C10H12FN5O4. The summed E-state index contributed by atoms with van der Waals surface area (Å²) in [6.07, 6.45) is -1.94. The zero-order valence-corrected chi connectivity index (χ0v) is 10.2. The maximum atomic E-state index is 14.0. The van der Waals surface area contributed by atoms with E-state index in [0.717, 1.165) is 10.9 Å². The van der Waals surface area contributed by atoms with Crippen LogP contribution in [0.3, 0.4) is 0 Å². The molecule has 2 aromatic rings. The lowest BCUT2D eigenvalue weighted by atomic mass is 10.0. The number of alkyl halides is 1. The molecule has 1 aliphatic heterocycles. The summed E-state index contributed by atoms with van der Waals surface area (Å²) in [4.78, 5) is 21.5. The second-order valence-electron chi connectivity index (χ2n) is 4.49. The number of nitrogens with zero attached hydrogens (tertiary/aromatic N) is 3. The molecule has 10 heteroatoms. The third kappa shape index (κ3) is 1.55. The monoisotopic (exact) mass is 285 g/mol. The fourth-order valence-corrected chi connectivity index (χ4v) is 2.33. The number of ether oxygens (including phenoxy) is 1. The van der Waals surface area contributed by atoms with Gasteiger partial charge in [0, 0.05) is 0 Å². The van der Waals surface area contributed by atoms with Gasteiger partial charge in [-0.05, 0) is 0 Å². The number of nitrogens with two attached hydrogens (primary N) is 1. The van der Waals surface area contributed by atoms with Crippen LogP contribution in [0.4, 0.5) is 10.3 Å². The SMILES string of the molecule is Nc1nc2c(ncn2[C@@]2(O)[C@@H](F)CO[C@@H]2CO)c(=O)[nH]1. The second kappa shape index (κ2) is 4.23. The molecule has 1 aliphatic rings. The Hall–Kier alpha value is -2.04. The number of aliphatic hydroxyl groups excluding tert-OH is 1. The Morgan fingerprint density at radius 2 is 2.45 bits per heavy atom. The van der Waals surface area contributed by atoms with Crippen molar-refractivity contribution in [3.63, 3.8) is 0 Å². The number of H-pyrrole nitrogens is 1. The fraction of sp³-hybridized carbons (Fsp3) is 0.500. The summed E-state index contributed by atoms with van der Waals surface area (Å²) in [5.41, 5.74) is 2.45. The second-order valence-corrected chi connectivity index (χ2v) is 4.49. The van der Waals surface area contributed by atoms with Crippen molar-refractivity contribution in [3.05, 3.63) is 16.7 Å². The number of aliphatic hydroxyl groups is 2. The van der Waals surface area contributed by atoms with Crippen molar-refractivity contribution in [1.82, 2.24) is 19.5 Å². The molecule has 3 heterocycles. The molecule has 0 spiro atoms. The van der Waals surface area contributed by atoms with Crippen LogP contribution >= 0.6 is 0 Å². The van der Waals surface area contributed by atoms with Gasteiger partial charge in [0.25, 0.3) is 5.56 Å². The molecular weight excluding hydrogens is 273 g/mol. The van der Waals surface area contributed by atoms with E-state index < -0.39 is 30.2 Å². The van der Waals surface area contributed by atoms with Gasteiger partial charge in [0.2, 0.25) is 11.7 Å². The van der Waals surface area contributed by atoms with Gasteiger partial charge in [-0.2, -0.15) is 4.98 Å². The minimum Gasteiger partial charge on any atom is -0.393 e. The van der Waals surface area contributed by atoms with Crippen LogP contribution in [0.15, 0.2) is 11.1 Å². The van der Waals surface area contributed by atoms with Gasteiger partial charge in [0.1, 0.15) is 6.10 Å². The number of halogens is 1. The lowest BCUT2D eigenvalue weighted by Gasteiger charge is -2.30. The summed E-state index contributed by atoms with van der Waals surface area (Å²) in [7, 11) is 0. The molecule has 0 amide bonds. The number of nitrogen functional groups attached to an aromatic ring is 1. The molecule has 0 aromatic carbocycles. The molecule has 1 saturated heterocycles. The molecule has 0 saturated carbocycles. The van der Waals surface area contributed by atoms with Gasteiger partial charge < -0.3 is 20.7 Å². The standard InChI is InChI=1S/C10H12FN5O4/c11-4-2-20-5(1-17)10(4,19)16-3-13-6-7(16)14-9(12)15-8(6)18/h3-5,17,19H,1-2H2,(H3,12,14,15,18)/t4-,5+,10+/m0/s1. The Bertz CT molecular complexity index is 715. The van der Waals surface area contributed by atoms with E-state index in [4.69, 9.17) is 10.5 Å². The Morgan fingerprint density at radius 3 is 3.15 bits per heavy atom. The number of hydrogen-bond donors (Lipinski definition) is 4. The number of nitrogens with one attached hydrogen (secondary N) is 1. The van der Waals surface area contributed by atoms with Crippen LogP contribution in [0.2, 0.25) is 0 Å². The van der Waals surface area contributed by atoms with E-state index in [2.05, 4.69) is 15.0 Å². The average molecular weight is 285 g/mol. The predicted octanol–water partition coefficient (Wildman–Crippen LogP) is -1.92. The van der Waals surface area contributed by atoms with Crippen molar-refractivity contribution >= 4 is 17.1 Å². The molecule has 0 radical (unpaired) electrons. The van der Waals surface area contributed by atoms with E-state index in [1.165, 1.54) is 0 Å². The molecule has 0 bridgehead atoms. The molecule has 0 aliphatic carbocycles. The number of hydrogen-bond acceptors (Lipinski definition) is 7. The number of anilines is 1. The Balaban J connectivity index is 2.26. The Morgan fingerprint density at radius 1 is 1.70 bits per heavy atom. The summed E-state index contributed by atoms with van der Waals surface area (Å²) in [5, 5.41) is 19.7. The van der Waals surface area contributed by atoms with E-state index in [9.17, 15) is 19.4 Å². The predicted molar refractivity (Wildman–Crippen MR) is 64.5 cm³/mol. The summed E-state index contributed by atoms with van der Waals surface area (Å²) < 4.78 is 20.0. The maximum absolute atomic E-state index is 14.0. The first kappa shape index (κ1) is 13.0. The first-order chi connectivity index (χ1) is 9.48. The van der Waals surface area contributed by atoms with Gasteiger partial charge >= 0.3 is 0 Å². The molecule has 3 atom stereocenters. The fourth-order valence-electron chi connectivity index (χ4n) is 2.33. The van der Waals surface area contributed by atoms with Crippen LogP contribution in [-0.2, 0) is 10.5 Å². The highest BCUT2D eigenvalue weighted by Gasteiger charge is 2.53. The molecule has 3 rings (SSSR count). The molecule has 108 valence electrons. The Kier molecular flexibility index (Phi) is 2.74. The number of fused-ring (bicyclic) bond motifs is 1. The van der Waals surface area contributed by atoms with Crippen molar-refractivity contribution in [3.8, 4) is 0 Å². The van der Waals surface area contributed by atoms with Crippen LogP contribution in [-0.4, -0.2) is 55.2 Å². The van der Waals surface area contributed by atoms with E-state index in [0.29, 0.717) is 0 Å². The third-order valence-electron chi connectivity index (χ3n) is 3.36. The summed E-state index contributed by atoms with van der Waals surface area (Å²) in [6, 6.07) is 0.